The fraction of sp³-hybridized carbons (Fsp3) is 0.263. The van der Waals surface area contributed by atoms with E-state index in [1.165, 1.54) is 12.1 Å². The molecule has 0 amide bonds. The standard InChI is InChI=1S/C19H17F3N4/c20-14-4-1-3-13(11-14)16-12-17(25-24-16)15-5-2-8-23-18(15)26-9-6-19(21,22)7-10-26/h1-5,8,11-12H,6-7,9-10H2,(H,24,25). The van der Waals surface area contributed by atoms with Crippen LogP contribution < -0.4 is 4.90 Å². The number of halogens is 3. The molecule has 3 aromatic rings. The third kappa shape index (κ3) is 3.29. The molecule has 0 atom stereocenters. The summed E-state index contributed by atoms with van der Waals surface area (Å²) in [6.45, 7) is 0.504. The van der Waals surface area contributed by atoms with E-state index < -0.39 is 5.92 Å². The van der Waals surface area contributed by atoms with Crippen molar-refractivity contribution >= 4 is 5.82 Å². The Labute approximate surface area is 148 Å². The summed E-state index contributed by atoms with van der Waals surface area (Å²) in [7, 11) is 0. The monoisotopic (exact) mass is 358 g/mol. The van der Waals surface area contributed by atoms with Gasteiger partial charge in [-0.25, -0.2) is 18.2 Å². The van der Waals surface area contributed by atoms with Crippen molar-refractivity contribution < 1.29 is 13.2 Å². The molecule has 1 aliphatic heterocycles. The topological polar surface area (TPSA) is 44.8 Å². The highest BCUT2D eigenvalue weighted by Gasteiger charge is 2.35. The number of piperidine rings is 1. The predicted molar refractivity (Wildman–Crippen MR) is 93.6 cm³/mol. The van der Waals surface area contributed by atoms with E-state index in [4.69, 9.17) is 0 Å². The third-order valence-corrected chi connectivity index (χ3v) is 4.57. The second-order valence-corrected chi connectivity index (χ2v) is 6.39. The highest BCUT2D eigenvalue weighted by Crippen LogP contribution is 2.34. The molecular formula is C19H17F3N4. The molecule has 0 bridgehead atoms. The maximum Gasteiger partial charge on any atom is 0.251 e. The second-order valence-electron chi connectivity index (χ2n) is 6.39. The molecule has 26 heavy (non-hydrogen) atoms. The number of nitrogens with one attached hydrogen (secondary N) is 1. The molecule has 134 valence electrons. The van der Waals surface area contributed by atoms with Gasteiger partial charge in [-0.05, 0) is 30.3 Å². The lowest BCUT2D eigenvalue weighted by atomic mass is 10.0. The molecule has 0 spiro atoms. The van der Waals surface area contributed by atoms with Crippen molar-refractivity contribution in [2.75, 3.05) is 18.0 Å². The highest BCUT2D eigenvalue weighted by atomic mass is 19.3. The second kappa shape index (κ2) is 6.48. The summed E-state index contributed by atoms with van der Waals surface area (Å²) in [5, 5.41) is 7.20. The van der Waals surface area contributed by atoms with Gasteiger partial charge in [-0.2, -0.15) is 5.10 Å². The molecule has 0 aliphatic carbocycles. The van der Waals surface area contributed by atoms with Crippen molar-refractivity contribution in [2.24, 2.45) is 0 Å². The van der Waals surface area contributed by atoms with Crippen LogP contribution >= 0.6 is 0 Å². The van der Waals surface area contributed by atoms with Gasteiger partial charge in [0.2, 0.25) is 0 Å². The Morgan fingerprint density at radius 2 is 1.85 bits per heavy atom. The summed E-state index contributed by atoms with van der Waals surface area (Å²) >= 11 is 0. The van der Waals surface area contributed by atoms with Crippen molar-refractivity contribution in [3.63, 3.8) is 0 Å². The first-order valence-corrected chi connectivity index (χ1v) is 8.41. The number of hydrogen-bond acceptors (Lipinski definition) is 3. The molecule has 3 heterocycles. The molecule has 1 N–H and O–H groups in total. The minimum Gasteiger partial charge on any atom is -0.356 e. The van der Waals surface area contributed by atoms with Crippen LogP contribution in [0.3, 0.4) is 0 Å². The van der Waals surface area contributed by atoms with E-state index in [-0.39, 0.29) is 31.7 Å². The van der Waals surface area contributed by atoms with Gasteiger partial charge in [-0.1, -0.05) is 12.1 Å². The van der Waals surface area contributed by atoms with Crippen LogP contribution in [0.25, 0.3) is 22.5 Å². The molecule has 1 aliphatic rings. The van der Waals surface area contributed by atoms with Gasteiger partial charge >= 0.3 is 0 Å². The zero-order valence-electron chi connectivity index (χ0n) is 13.9. The van der Waals surface area contributed by atoms with Gasteiger partial charge in [0.25, 0.3) is 5.92 Å². The average Bonchev–Trinajstić information content (AvgIpc) is 3.12. The SMILES string of the molecule is Fc1cccc(-c2cc(-c3cccnc3N3CCC(F)(F)CC3)[nH]n2)c1. The Bertz CT molecular complexity index is 912. The molecule has 1 fully saturated rings. The molecule has 7 heteroatoms. The molecule has 1 aromatic carbocycles. The number of aromatic amines is 1. The van der Waals surface area contributed by atoms with Gasteiger partial charge in [0, 0.05) is 43.3 Å². The lowest BCUT2D eigenvalue weighted by Gasteiger charge is -2.33. The molecule has 2 aromatic heterocycles. The van der Waals surface area contributed by atoms with Gasteiger partial charge in [0.05, 0.1) is 11.4 Å². The van der Waals surface area contributed by atoms with Gasteiger partial charge in [0.1, 0.15) is 11.6 Å². The van der Waals surface area contributed by atoms with Crippen LogP contribution in [0.5, 0.6) is 0 Å². The first-order chi connectivity index (χ1) is 12.5. The number of aromatic nitrogens is 3. The van der Waals surface area contributed by atoms with Crippen molar-refractivity contribution in [1.82, 2.24) is 15.2 Å². The van der Waals surface area contributed by atoms with E-state index in [0.717, 1.165) is 5.56 Å². The van der Waals surface area contributed by atoms with Crippen LogP contribution in [0.1, 0.15) is 12.8 Å². The number of benzene rings is 1. The van der Waals surface area contributed by atoms with E-state index in [1.807, 2.05) is 17.0 Å². The summed E-state index contributed by atoms with van der Waals surface area (Å²) in [6.07, 6.45) is 1.29. The number of nitrogens with zero attached hydrogens (tertiary/aromatic N) is 3. The van der Waals surface area contributed by atoms with Crippen molar-refractivity contribution in [1.29, 1.82) is 0 Å². The van der Waals surface area contributed by atoms with E-state index in [9.17, 15) is 13.2 Å². The average molecular weight is 358 g/mol. The quantitative estimate of drug-likeness (QED) is 0.749. The van der Waals surface area contributed by atoms with Crippen molar-refractivity contribution in [2.45, 2.75) is 18.8 Å². The number of pyridine rings is 1. The van der Waals surface area contributed by atoms with E-state index in [0.29, 0.717) is 22.8 Å². The van der Waals surface area contributed by atoms with Gasteiger partial charge in [-0.15, -0.1) is 0 Å². The molecule has 0 radical (unpaired) electrons. The normalized spacial score (nSPS) is 16.7. The molecule has 4 rings (SSSR count). The predicted octanol–water partition coefficient (Wildman–Crippen LogP) is 4.51. The Hall–Kier alpha value is -2.83. The summed E-state index contributed by atoms with van der Waals surface area (Å²) in [4.78, 5) is 6.27. The Morgan fingerprint density at radius 1 is 1.04 bits per heavy atom. The number of hydrogen-bond donors (Lipinski definition) is 1. The molecule has 0 unspecified atom stereocenters. The maximum absolute atomic E-state index is 13.4. The number of alkyl halides is 2. The molecular weight excluding hydrogens is 341 g/mol. The lowest BCUT2D eigenvalue weighted by molar-refractivity contribution is -0.0221. The zero-order chi connectivity index (χ0) is 18.1. The van der Waals surface area contributed by atoms with Gasteiger partial charge < -0.3 is 4.90 Å². The first-order valence-electron chi connectivity index (χ1n) is 8.41. The van der Waals surface area contributed by atoms with Crippen LogP contribution in [0.4, 0.5) is 19.0 Å². The summed E-state index contributed by atoms with van der Waals surface area (Å²) in [6, 6.07) is 11.7. The van der Waals surface area contributed by atoms with Gasteiger partial charge in [0.15, 0.2) is 0 Å². The number of H-pyrrole nitrogens is 1. The van der Waals surface area contributed by atoms with Crippen molar-refractivity contribution in [3.05, 3.63) is 54.5 Å². The first kappa shape index (κ1) is 16.6. The van der Waals surface area contributed by atoms with E-state index in [1.54, 1.807) is 24.4 Å². The highest BCUT2D eigenvalue weighted by molar-refractivity contribution is 5.76. The summed E-state index contributed by atoms with van der Waals surface area (Å²) in [5.74, 6) is -2.29. The maximum atomic E-state index is 13.4. The van der Waals surface area contributed by atoms with Crippen LogP contribution in [0.2, 0.25) is 0 Å². The van der Waals surface area contributed by atoms with E-state index >= 15 is 0 Å². The number of anilines is 1. The Balaban J connectivity index is 1.65. The molecule has 4 nitrogen and oxygen atoms in total. The largest absolute Gasteiger partial charge is 0.356 e. The Kier molecular flexibility index (Phi) is 4.14. The summed E-state index contributed by atoms with van der Waals surface area (Å²) in [5.41, 5.74) is 2.77. The zero-order valence-corrected chi connectivity index (χ0v) is 13.9. The van der Waals surface area contributed by atoms with Crippen molar-refractivity contribution in [3.8, 4) is 22.5 Å². The Morgan fingerprint density at radius 3 is 2.62 bits per heavy atom. The fourth-order valence-electron chi connectivity index (χ4n) is 3.16. The van der Waals surface area contributed by atoms with Gasteiger partial charge in [-0.3, -0.25) is 5.10 Å². The fourth-order valence-corrected chi connectivity index (χ4v) is 3.16. The van der Waals surface area contributed by atoms with Crippen LogP contribution in [0, 0.1) is 5.82 Å². The minimum atomic E-state index is -2.61. The van der Waals surface area contributed by atoms with E-state index in [2.05, 4.69) is 15.2 Å². The van der Waals surface area contributed by atoms with Crippen LogP contribution in [-0.4, -0.2) is 34.2 Å². The van der Waals surface area contributed by atoms with Crippen LogP contribution in [-0.2, 0) is 0 Å². The lowest BCUT2D eigenvalue weighted by Crippen LogP contribution is -2.40. The smallest absolute Gasteiger partial charge is 0.251 e. The minimum absolute atomic E-state index is 0.180. The third-order valence-electron chi connectivity index (χ3n) is 4.57. The molecule has 1 saturated heterocycles. The summed E-state index contributed by atoms with van der Waals surface area (Å²) < 4.78 is 40.3. The van der Waals surface area contributed by atoms with Crippen LogP contribution in [0.15, 0.2) is 48.7 Å². The number of rotatable bonds is 3. The molecule has 0 saturated carbocycles.